The number of anilines is 1. The summed E-state index contributed by atoms with van der Waals surface area (Å²) in [5.41, 5.74) is 4.27. The van der Waals surface area contributed by atoms with Gasteiger partial charge in [-0.1, -0.05) is 36.9 Å². The van der Waals surface area contributed by atoms with Crippen LogP contribution in [0.2, 0.25) is 0 Å². The number of nitrogens with zero attached hydrogens (tertiary/aromatic N) is 5. The van der Waals surface area contributed by atoms with E-state index in [0.29, 0.717) is 21.6 Å². The van der Waals surface area contributed by atoms with E-state index in [1.54, 1.807) is 0 Å². The lowest BCUT2D eigenvalue weighted by molar-refractivity contribution is -0.113. The van der Waals surface area contributed by atoms with Crippen molar-refractivity contribution < 1.29 is 4.79 Å². The smallest absolute Gasteiger partial charge is 0.235 e. The third kappa shape index (κ3) is 3.56. The lowest BCUT2D eigenvalue weighted by Crippen LogP contribution is -2.14. The number of rotatable bonds is 4. The maximum absolute atomic E-state index is 12.6. The maximum atomic E-state index is 12.6. The van der Waals surface area contributed by atoms with E-state index in [1.165, 1.54) is 28.0 Å². The number of benzene rings is 1. The van der Waals surface area contributed by atoms with Crippen LogP contribution in [-0.4, -0.2) is 31.4 Å². The highest BCUT2D eigenvalue weighted by molar-refractivity contribution is 7.99. The SMILES string of the molecule is CC1CCc2c(sc(NC(=O)CSc3nnc4c5ccccc5n(C)c4n3)c2C#N)C1. The van der Waals surface area contributed by atoms with Gasteiger partial charge in [0.25, 0.3) is 0 Å². The molecule has 156 valence electrons. The molecule has 7 nitrogen and oxygen atoms in total. The van der Waals surface area contributed by atoms with Gasteiger partial charge in [0.05, 0.1) is 16.8 Å². The number of nitrogens with one attached hydrogen (secondary N) is 1. The number of aryl methyl sites for hydroxylation is 1. The first-order valence-electron chi connectivity index (χ1n) is 10.1. The van der Waals surface area contributed by atoms with Gasteiger partial charge in [0.2, 0.25) is 11.1 Å². The summed E-state index contributed by atoms with van der Waals surface area (Å²) in [4.78, 5) is 18.4. The van der Waals surface area contributed by atoms with E-state index in [2.05, 4.69) is 33.5 Å². The van der Waals surface area contributed by atoms with Crippen LogP contribution in [0.1, 0.15) is 29.3 Å². The fraction of sp³-hybridized carbons (Fsp3) is 0.318. The third-order valence-electron chi connectivity index (χ3n) is 5.70. The molecule has 1 aliphatic rings. The number of hydrogen-bond donors (Lipinski definition) is 1. The standard InChI is InChI=1S/C22H20N6OS2/c1-12-7-8-13-15(10-23)21(31-17(13)9-12)24-18(29)11-30-22-25-20-19(26-27-22)14-5-3-4-6-16(14)28(20)2/h3-6,12H,7-9,11H2,1-2H3,(H,24,29). The van der Waals surface area contributed by atoms with Crippen molar-refractivity contribution in [2.45, 2.75) is 31.3 Å². The molecule has 1 N–H and O–H groups in total. The molecule has 0 saturated heterocycles. The minimum Gasteiger partial charge on any atom is -0.327 e. The van der Waals surface area contributed by atoms with Gasteiger partial charge in [-0.05, 0) is 36.8 Å². The lowest BCUT2D eigenvalue weighted by atomic mass is 9.89. The Hall–Kier alpha value is -2.96. The highest BCUT2D eigenvalue weighted by Crippen LogP contribution is 2.39. The Morgan fingerprint density at radius 2 is 2.23 bits per heavy atom. The molecule has 0 fully saturated rings. The van der Waals surface area contributed by atoms with Gasteiger partial charge in [0, 0.05) is 17.3 Å². The Labute approximate surface area is 187 Å². The molecule has 0 aliphatic heterocycles. The monoisotopic (exact) mass is 448 g/mol. The number of fused-ring (bicyclic) bond motifs is 4. The summed E-state index contributed by atoms with van der Waals surface area (Å²) in [7, 11) is 1.95. The van der Waals surface area contributed by atoms with Crippen LogP contribution >= 0.6 is 23.1 Å². The van der Waals surface area contributed by atoms with Crippen molar-refractivity contribution in [2.75, 3.05) is 11.1 Å². The van der Waals surface area contributed by atoms with Gasteiger partial charge in [-0.25, -0.2) is 4.98 Å². The van der Waals surface area contributed by atoms with Crippen molar-refractivity contribution in [3.05, 3.63) is 40.3 Å². The second-order valence-electron chi connectivity index (χ2n) is 7.85. The van der Waals surface area contributed by atoms with Gasteiger partial charge in [-0.2, -0.15) is 5.26 Å². The zero-order valence-corrected chi connectivity index (χ0v) is 18.8. The molecule has 1 amide bonds. The highest BCUT2D eigenvalue weighted by atomic mass is 32.2. The quantitative estimate of drug-likeness (QED) is 0.468. The minimum absolute atomic E-state index is 0.154. The predicted molar refractivity (Wildman–Crippen MR) is 123 cm³/mol. The van der Waals surface area contributed by atoms with Crippen LogP contribution in [-0.2, 0) is 24.7 Å². The van der Waals surface area contributed by atoms with Gasteiger partial charge in [-0.15, -0.1) is 21.5 Å². The summed E-state index contributed by atoms with van der Waals surface area (Å²) >= 11 is 2.78. The zero-order valence-electron chi connectivity index (χ0n) is 17.2. The Kier molecular flexibility index (Phi) is 5.12. The van der Waals surface area contributed by atoms with Gasteiger partial charge in [-0.3, -0.25) is 4.79 Å². The summed E-state index contributed by atoms with van der Waals surface area (Å²) in [6, 6.07) is 10.3. The summed E-state index contributed by atoms with van der Waals surface area (Å²) in [5, 5.41) is 23.2. The Balaban J connectivity index is 1.32. The number of hydrogen-bond acceptors (Lipinski definition) is 7. The molecule has 0 radical (unpaired) electrons. The molecule has 3 heterocycles. The van der Waals surface area contributed by atoms with Crippen molar-refractivity contribution in [2.24, 2.45) is 13.0 Å². The van der Waals surface area contributed by atoms with Crippen LogP contribution in [0.3, 0.4) is 0 Å². The first-order chi connectivity index (χ1) is 15.0. The largest absolute Gasteiger partial charge is 0.327 e. The molecule has 1 atom stereocenters. The van der Waals surface area contributed by atoms with Crippen LogP contribution in [0.5, 0.6) is 0 Å². The topological polar surface area (TPSA) is 96.5 Å². The molecule has 1 unspecified atom stereocenters. The molecule has 1 aliphatic carbocycles. The van der Waals surface area contributed by atoms with E-state index in [0.717, 1.165) is 46.9 Å². The molecule has 9 heteroatoms. The first kappa shape index (κ1) is 20.0. The Bertz CT molecular complexity index is 1370. The van der Waals surface area contributed by atoms with Crippen molar-refractivity contribution in [3.8, 4) is 6.07 Å². The lowest BCUT2D eigenvalue weighted by Gasteiger charge is -2.17. The summed E-state index contributed by atoms with van der Waals surface area (Å²) in [6.07, 6.45) is 2.97. The number of para-hydroxylation sites is 1. The van der Waals surface area contributed by atoms with Gasteiger partial charge >= 0.3 is 0 Å². The number of thioether (sulfide) groups is 1. The normalized spacial score (nSPS) is 15.7. The summed E-state index contributed by atoms with van der Waals surface area (Å²) in [6.45, 7) is 2.23. The first-order valence-corrected chi connectivity index (χ1v) is 11.9. The minimum atomic E-state index is -0.172. The molecule has 0 saturated carbocycles. The molecule has 1 aromatic carbocycles. The van der Waals surface area contributed by atoms with E-state index in [1.807, 2.05) is 35.9 Å². The molecule has 3 aromatic heterocycles. The molecule has 5 rings (SSSR count). The molecular formula is C22H20N6OS2. The number of aromatic nitrogens is 4. The van der Waals surface area contributed by atoms with E-state index in [4.69, 9.17) is 0 Å². The van der Waals surface area contributed by atoms with Gasteiger partial charge in [0.1, 0.15) is 16.6 Å². The van der Waals surface area contributed by atoms with E-state index in [9.17, 15) is 10.1 Å². The van der Waals surface area contributed by atoms with E-state index < -0.39 is 0 Å². The van der Waals surface area contributed by atoms with Crippen molar-refractivity contribution >= 4 is 56.1 Å². The zero-order chi connectivity index (χ0) is 21.5. The molecule has 0 bridgehead atoms. The van der Waals surface area contributed by atoms with Crippen molar-refractivity contribution in [3.63, 3.8) is 0 Å². The molecule has 4 aromatic rings. The Morgan fingerprint density at radius 1 is 1.39 bits per heavy atom. The number of amides is 1. The molecular weight excluding hydrogens is 428 g/mol. The summed E-state index contributed by atoms with van der Waals surface area (Å²) < 4.78 is 1.99. The van der Waals surface area contributed by atoms with E-state index >= 15 is 0 Å². The van der Waals surface area contributed by atoms with Crippen molar-refractivity contribution in [1.82, 2.24) is 19.7 Å². The second kappa shape index (κ2) is 7.94. The van der Waals surface area contributed by atoms with Crippen LogP contribution in [0.15, 0.2) is 29.4 Å². The average molecular weight is 449 g/mol. The number of carbonyl (C=O) groups is 1. The second-order valence-corrected chi connectivity index (χ2v) is 9.89. The van der Waals surface area contributed by atoms with Crippen molar-refractivity contribution in [1.29, 1.82) is 5.26 Å². The van der Waals surface area contributed by atoms with E-state index in [-0.39, 0.29) is 11.7 Å². The number of carbonyl (C=O) groups excluding carboxylic acids is 1. The van der Waals surface area contributed by atoms with Gasteiger partial charge < -0.3 is 9.88 Å². The summed E-state index contributed by atoms with van der Waals surface area (Å²) in [5.74, 6) is 0.598. The Morgan fingerprint density at radius 3 is 3.06 bits per heavy atom. The van der Waals surface area contributed by atoms with Crippen LogP contribution < -0.4 is 5.32 Å². The highest BCUT2D eigenvalue weighted by Gasteiger charge is 2.24. The molecule has 31 heavy (non-hydrogen) atoms. The van der Waals surface area contributed by atoms with Crippen LogP contribution in [0.4, 0.5) is 5.00 Å². The van der Waals surface area contributed by atoms with Gasteiger partial charge in [0.15, 0.2) is 5.65 Å². The average Bonchev–Trinajstić information content (AvgIpc) is 3.26. The number of nitriles is 1. The fourth-order valence-electron chi connectivity index (χ4n) is 4.10. The van der Waals surface area contributed by atoms with Crippen LogP contribution in [0.25, 0.3) is 22.1 Å². The number of thiophene rings is 1. The third-order valence-corrected chi connectivity index (χ3v) is 7.70. The molecule has 0 spiro atoms. The van der Waals surface area contributed by atoms with Crippen LogP contribution in [0, 0.1) is 17.2 Å². The fourth-order valence-corrected chi connectivity index (χ4v) is 6.06. The maximum Gasteiger partial charge on any atom is 0.235 e. The predicted octanol–water partition coefficient (Wildman–Crippen LogP) is 4.31.